The van der Waals surface area contributed by atoms with Crippen molar-refractivity contribution >= 4 is 53.3 Å². The van der Waals surface area contributed by atoms with E-state index in [0.717, 1.165) is 10.4 Å². The summed E-state index contributed by atoms with van der Waals surface area (Å²) >= 11 is 0. The largest absolute Gasteiger partial charge is 0.430 e. The van der Waals surface area contributed by atoms with Crippen molar-refractivity contribution in [2.24, 2.45) is 0 Å². The number of hydrogen-bond acceptors (Lipinski definition) is 8. The fourth-order valence-electron chi connectivity index (χ4n) is 1.70. The molecule has 0 unspecified atom stereocenters. The molecule has 0 heterocycles. The van der Waals surface area contributed by atoms with Crippen LogP contribution in [0.15, 0.2) is 24.3 Å². The van der Waals surface area contributed by atoms with Crippen LogP contribution in [0, 0.1) is 0 Å². The Kier molecular flexibility index (Phi) is 8.72. The maximum absolute atomic E-state index is 11.1. The van der Waals surface area contributed by atoms with Crippen molar-refractivity contribution in [2.45, 2.75) is 39.5 Å². The molecule has 0 aliphatic heterocycles. The third-order valence-corrected chi connectivity index (χ3v) is 4.82. The fraction of sp³-hybridized carbons (Fsp3) is 0.375. The molecule has 0 bridgehead atoms. The molecule has 0 fully saturated rings. The summed E-state index contributed by atoms with van der Waals surface area (Å²) < 4.78 is 19.9. The molecule has 1 aromatic carbocycles. The van der Waals surface area contributed by atoms with Crippen molar-refractivity contribution in [3.8, 4) is 0 Å². The first-order valence-electron chi connectivity index (χ1n) is 7.47. The van der Waals surface area contributed by atoms with Gasteiger partial charge in [-0.3, -0.25) is 19.2 Å². The molecule has 0 spiro atoms. The summed E-state index contributed by atoms with van der Waals surface area (Å²) in [6, 6.07) is 7.05. The van der Waals surface area contributed by atoms with E-state index in [2.05, 4.69) is 0 Å². The lowest BCUT2D eigenvalue weighted by molar-refractivity contribution is -0.173. The normalized spacial score (nSPS) is 10.4. The van der Waals surface area contributed by atoms with E-state index in [1.165, 1.54) is 27.7 Å². The maximum atomic E-state index is 11.1. The summed E-state index contributed by atoms with van der Waals surface area (Å²) in [5.74, 6) is -4.15. The van der Waals surface area contributed by atoms with E-state index in [-0.39, 0.29) is 19.0 Å². The summed E-state index contributed by atoms with van der Waals surface area (Å²) in [5, 5.41) is 1.59. The van der Waals surface area contributed by atoms with Crippen LogP contribution in [0.25, 0.3) is 0 Å². The molecule has 0 aromatic heterocycles. The van der Waals surface area contributed by atoms with Crippen LogP contribution in [0.3, 0.4) is 0 Å². The zero-order valence-corrected chi connectivity index (χ0v) is 16.7. The number of hydrogen-bond donors (Lipinski definition) is 0. The molecule has 138 valence electrons. The van der Waals surface area contributed by atoms with E-state index in [1.54, 1.807) is 24.3 Å². The molecule has 4 radical (unpaired) electrons. The van der Waals surface area contributed by atoms with Crippen molar-refractivity contribution in [3.05, 3.63) is 24.3 Å². The van der Waals surface area contributed by atoms with E-state index in [4.69, 9.17) is 18.9 Å². The Hall–Kier alpha value is -2.47. The van der Waals surface area contributed by atoms with Gasteiger partial charge in [0.1, 0.15) is 0 Å². The van der Waals surface area contributed by atoms with Gasteiger partial charge in [0, 0.05) is 27.7 Å². The molecule has 0 N–H and O–H groups in total. The Morgan fingerprint density at radius 1 is 0.615 bits per heavy atom. The third kappa shape index (κ3) is 9.13. The van der Waals surface area contributed by atoms with Gasteiger partial charge in [-0.2, -0.15) is 0 Å². The summed E-state index contributed by atoms with van der Waals surface area (Å²) in [5.41, 5.74) is 0. The number of benzene rings is 1. The smallest absolute Gasteiger partial charge is 0.305 e. The van der Waals surface area contributed by atoms with Gasteiger partial charge >= 0.3 is 23.9 Å². The zero-order chi connectivity index (χ0) is 19.7. The molecular weight excluding hydrogens is 376 g/mol. The molecule has 1 rings (SSSR count). The third-order valence-electron chi connectivity index (χ3n) is 2.55. The Labute approximate surface area is 155 Å². The monoisotopic (exact) mass is 394 g/mol. The van der Waals surface area contributed by atoms with Crippen molar-refractivity contribution in [3.63, 3.8) is 0 Å². The Morgan fingerprint density at radius 2 is 0.846 bits per heavy atom. The summed E-state index contributed by atoms with van der Waals surface area (Å²) in [4.78, 5) is 44.3. The SMILES string of the molecule is CC(=O)OC(OC(C)=O)[Si]c1ccc([Si]C(OC(C)=O)OC(C)=O)cc1. The molecule has 0 aliphatic carbocycles. The first kappa shape index (κ1) is 21.6. The van der Waals surface area contributed by atoms with Crippen molar-refractivity contribution in [1.29, 1.82) is 0 Å². The van der Waals surface area contributed by atoms with Gasteiger partial charge in [-0.25, -0.2) is 0 Å². The maximum Gasteiger partial charge on any atom is 0.305 e. The first-order chi connectivity index (χ1) is 12.2. The molecule has 0 saturated heterocycles. The van der Waals surface area contributed by atoms with Gasteiger partial charge in [0.05, 0.1) is 0 Å². The van der Waals surface area contributed by atoms with Gasteiger partial charge in [-0.15, -0.1) is 0 Å². The van der Waals surface area contributed by atoms with Gasteiger partial charge in [0.15, 0.2) is 19.0 Å². The van der Waals surface area contributed by atoms with Crippen molar-refractivity contribution in [2.75, 3.05) is 0 Å². The van der Waals surface area contributed by atoms with Crippen LogP contribution in [-0.2, 0) is 38.1 Å². The van der Waals surface area contributed by atoms with Crippen LogP contribution in [-0.4, -0.2) is 54.7 Å². The van der Waals surface area contributed by atoms with Crippen LogP contribution >= 0.6 is 0 Å². The van der Waals surface area contributed by atoms with Crippen LogP contribution in [0.5, 0.6) is 0 Å². The zero-order valence-electron chi connectivity index (χ0n) is 14.7. The van der Waals surface area contributed by atoms with E-state index < -0.39 is 35.7 Å². The van der Waals surface area contributed by atoms with Gasteiger partial charge in [0.2, 0.25) is 11.8 Å². The molecular formula is C16H18O8Si2. The van der Waals surface area contributed by atoms with Gasteiger partial charge in [-0.1, -0.05) is 34.6 Å². The van der Waals surface area contributed by atoms with Gasteiger partial charge < -0.3 is 18.9 Å². The summed E-state index contributed by atoms with van der Waals surface area (Å²) in [7, 11) is -0.175. The van der Waals surface area contributed by atoms with E-state index in [9.17, 15) is 19.2 Å². The summed E-state index contributed by atoms with van der Waals surface area (Å²) in [6.45, 7) is 4.93. The van der Waals surface area contributed by atoms with E-state index in [1.807, 2.05) is 0 Å². The Balaban J connectivity index is 2.75. The lowest BCUT2D eigenvalue weighted by Crippen LogP contribution is -2.38. The van der Waals surface area contributed by atoms with Crippen LogP contribution in [0.2, 0.25) is 0 Å². The van der Waals surface area contributed by atoms with Crippen LogP contribution in [0.4, 0.5) is 0 Å². The first-order valence-corrected chi connectivity index (χ1v) is 9.63. The fourth-order valence-corrected chi connectivity index (χ4v) is 3.87. The standard InChI is InChI=1S/C16H18O8Si2/c1-9(17)21-15(22-10(2)18)25-13-5-7-14(8-6-13)26-16(23-11(3)19)24-12(4)20/h5-8,15-16H,1-4H3. The molecule has 0 atom stereocenters. The molecule has 0 aliphatic rings. The molecule has 1 aromatic rings. The van der Waals surface area contributed by atoms with E-state index in [0.29, 0.717) is 0 Å². The van der Waals surface area contributed by atoms with Crippen LogP contribution in [0.1, 0.15) is 27.7 Å². The minimum absolute atomic E-state index is 0.0877. The number of carbonyl (C=O) groups excluding carboxylic acids is 4. The molecule has 10 heteroatoms. The average molecular weight is 394 g/mol. The quantitative estimate of drug-likeness (QED) is 0.319. The highest BCUT2D eigenvalue weighted by atomic mass is 28.2. The van der Waals surface area contributed by atoms with Crippen molar-refractivity contribution in [1.82, 2.24) is 0 Å². The molecule has 0 saturated carbocycles. The average Bonchev–Trinajstić information content (AvgIpc) is 2.46. The molecule has 26 heavy (non-hydrogen) atoms. The lowest BCUT2D eigenvalue weighted by Gasteiger charge is -2.17. The number of ether oxygens (including phenoxy) is 4. The second-order valence-electron chi connectivity index (χ2n) is 4.97. The van der Waals surface area contributed by atoms with Gasteiger partial charge in [0.25, 0.3) is 0 Å². The second kappa shape index (κ2) is 10.5. The molecule has 8 nitrogen and oxygen atoms in total. The Morgan fingerprint density at radius 3 is 1.04 bits per heavy atom. The topological polar surface area (TPSA) is 105 Å². The predicted octanol–water partition coefficient (Wildman–Crippen LogP) is -0.835. The lowest BCUT2D eigenvalue weighted by atomic mass is 10.4. The number of esters is 4. The van der Waals surface area contributed by atoms with Gasteiger partial charge in [-0.05, 0) is 0 Å². The highest BCUT2D eigenvalue weighted by molar-refractivity contribution is 6.56. The predicted molar refractivity (Wildman–Crippen MR) is 91.9 cm³/mol. The van der Waals surface area contributed by atoms with Crippen molar-refractivity contribution < 1.29 is 38.1 Å². The number of carbonyl (C=O) groups is 4. The minimum atomic E-state index is -0.979. The van der Waals surface area contributed by atoms with Crippen LogP contribution < -0.4 is 10.4 Å². The Bertz CT molecular complexity index is 570. The molecule has 0 amide bonds. The highest BCUT2D eigenvalue weighted by Gasteiger charge is 2.19. The number of rotatable bonds is 8. The summed E-state index contributed by atoms with van der Waals surface area (Å²) in [6.07, 6.45) is 0. The minimum Gasteiger partial charge on any atom is -0.430 e. The van der Waals surface area contributed by atoms with E-state index >= 15 is 0 Å². The highest BCUT2D eigenvalue weighted by Crippen LogP contribution is 1.98. The second-order valence-corrected chi connectivity index (χ2v) is 7.64.